The van der Waals surface area contributed by atoms with Gasteiger partial charge in [-0.15, -0.1) is 0 Å². The molecule has 0 bridgehead atoms. The minimum atomic E-state index is -0.636. The maximum absolute atomic E-state index is 12.4. The van der Waals surface area contributed by atoms with Crippen molar-refractivity contribution >= 4 is 24.2 Å². The normalized spacial score (nSPS) is 9.59. The number of hydrogen-bond acceptors (Lipinski definition) is 5. The van der Waals surface area contributed by atoms with E-state index in [4.69, 9.17) is 4.74 Å². The molecule has 0 unspecified atom stereocenters. The van der Waals surface area contributed by atoms with Gasteiger partial charge < -0.3 is 9.64 Å². The van der Waals surface area contributed by atoms with Crippen LogP contribution >= 0.6 is 0 Å². The summed E-state index contributed by atoms with van der Waals surface area (Å²) in [6, 6.07) is 25.3. The van der Waals surface area contributed by atoms with E-state index in [2.05, 4.69) is 10.9 Å². The SMILES string of the molecule is CN(C)C=O.O=C(COC(=O)c1ccccc1Cc1ccccc1)NNC(=O)c1ccccc1. The van der Waals surface area contributed by atoms with Crippen LogP contribution in [0.25, 0.3) is 0 Å². The molecular weight excluding hydrogens is 434 g/mol. The van der Waals surface area contributed by atoms with Crippen LogP contribution in [0.5, 0.6) is 0 Å². The predicted octanol–water partition coefficient (Wildman–Crippen LogP) is 2.60. The van der Waals surface area contributed by atoms with Crippen LogP contribution in [-0.4, -0.2) is 49.8 Å². The second kappa shape index (κ2) is 13.8. The first-order valence-corrected chi connectivity index (χ1v) is 10.5. The molecule has 0 aromatic heterocycles. The maximum Gasteiger partial charge on any atom is 0.338 e. The molecule has 0 aliphatic rings. The molecule has 3 amide bonds. The summed E-state index contributed by atoms with van der Waals surface area (Å²) in [7, 11) is 3.38. The lowest BCUT2D eigenvalue weighted by Crippen LogP contribution is -2.43. The molecule has 3 rings (SSSR count). The fourth-order valence-corrected chi connectivity index (χ4v) is 2.72. The van der Waals surface area contributed by atoms with Gasteiger partial charge in [0.25, 0.3) is 11.8 Å². The molecule has 8 nitrogen and oxygen atoms in total. The van der Waals surface area contributed by atoms with Crippen molar-refractivity contribution in [1.29, 1.82) is 0 Å². The Kier molecular flexibility index (Phi) is 10.5. The van der Waals surface area contributed by atoms with Crippen molar-refractivity contribution in [1.82, 2.24) is 15.8 Å². The molecule has 0 spiro atoms. The Balaban J connectivity index is 0.000000739. The molecule has 176 valence electrons. The lowest BCUT2D eigenvalue weighted by molar-refractivity contribution is -0.125. The van der Waals surface area contributed by atoms with Gasteiger partial charge >= 0.3 is 5.97 Å². The fraction of sp³-hybridized carbons (Fsp3) is 0.154. The van der Waals surface area contributed by atoms with Crippen LogP contribution in [0.15, 0.2) is 84.9 Å². The van der Waals surface area contributed by atoms with Crippen molar-refractivity contribution in [3.05, 3.63) is 107 Å². The van der Waals surface area contributed by atoms with Gasteiger partial charge in [-0.1, -0.05) is 66.7 Å². The molecule has 0 aliphatic carbocycles. The van der Waals surface area contributed by atoms with Crippen molar-refractivity contribution in [2.24, 2.45) is 0 Å². The zero-order valence-corrected chi connectivity index (χ0v) is 19.1. The molecule has 2 N–H and O–H groups in total. The number of hydrogen-bond donors (Lipinski definition) is 2. The third kappa shape index (κ3) is 8.96. The van der Waals surface area contributed by atoms with Crippen LogP contribution in [0, 0.1) is 0 Å². The Morgan fingerprint density at radius 2 is 1.38 bits per heavy atom. The molecule has 3 aromatic carbocycles. The smallest absolute Gasteiger partial charge is 0.338 e. The van der Waals surface area contributed by atoms with Crippen LogP contribution in [0.1, 0.15) is 31.8 Å². The van der Waals surface area contributed by atoms with Gasteiger partial charge in [0.1, 0.15) is 0 Å². The molecule has 3 aromatic rings. The first kappa shape index (κ1) is 25.8. The van der Waals surface area contributed by atoms with E-state index < -0.39 is 24.4 Å². The Morgan fingerprint density at radius 3 is 2.00 bits per heavy atom. The monoisotopic (exact) mass is 461 g/mol. The predicted molar refractivity (Wildman–Crippen MR) is 128 cm³/mol. The molecule has 0 fully saturated rings. The van der Waals surface area contributed by atoms with Gasteiger partial charge in [0.05, 0.1) is 5.56 Å². The van der Waals surface area contributed by atoms with Crippen LogP contribution < -0.4 is 10.9 Å². The number of nitrogens with one attached hydrogen (secondary N) is 2. The highest BCUT2D eigenvalue weighted by Crippen LogP contribution is 2.15. The third-order valence-corrected chi connectivity index (χ3v) is 4.37. The van der Waals surface area contributed by atoms with Gasteiger partial charge in [-0.2, -0.15) is 0 Å². The molecule has 0 aliphatic heterocycles. The molecule has 0 heterocycles. The minimum absolute atomic E-state index is 0.400. The number of carbonyl (C=O) groups is 4. The van der Waals surface area contributed by atoms with Crippen LogP contribution in [0.4, 0.5) is 0 Å². The maximum atomic E-state index is 12.4. The standard InChI is InChI=1S/C23H20N2O4.C3H7NO/c26-21(24-25-22(27)18-11-5-2-6-12-18)16-29-23(28)20-14-8-7-13-19(20)15-17-9-3-1-4-10-17;1-4(2)3-5/h1-14H,15-16H2,(H,24,26)(H,25,27);3H,1-2H3. The zero-order chi connectivity index (χ0) is 24.8. The number of amides is 3. The van der Waals surface area contributed by atoms with E-state index in [1.807, 2.05) is 42.5 Å². The number of benzene rings is 3. The lowest BCUT2D eigenvalue weighted by atomic mass is 10.00. The summed E-state index contributed by atoms with van der Waals surface area (Å²) in [5.74, 6) is -1.69. The molecule has 0 atom stereocenters. The van der Waals surface area contributed by atoms with Crippen LogP contribution in [0.3, 0.4) is 0 Å². The van der Waals surface area contributed by atoms with Gasteiger partial charge in [0.2, 0.25) is 6.41 Å². The molecule has 0 radical (unpaired) electrons. The molecule has 0 saturated carbocycles. The van der Waals surface area contributed by atoms with Gasteiger partial charge in [-0.05, 0) is 35.7 Å². The average molecular weight is 462 g/mol. The lowest BCUT2D eigenvalue weighted by Gasteiger charge is -2.11. The highest BCUT2D eigenvalue weighted by atomic mass is 16.5. The van der Waals surface area contributed by atoms with E-state index in [1.165, 1.54) is 4.90 Å². The van der Waals surface area contributed by atoms with Crippen molar-refractivity contribution in [3.63, 3.8) is 0 Å². The van der Waals surface area contributed by atoms with Crippen molar-refractivity contribution in [3.8, 4) is 0 Å². The highest BCUT2D eigenvalue weighted by molar-refractivity contribution is 5.96. The van der Waals surface area contributed by atoms with Gasteiger partial charge in [0, 0.05) is 19.7 Å². The van der Waals surface area contributed by atoms with Crippen LogP contribution in [0.2, 0.25) is 0 Å². The van der Waals surface area contributed by atoms with Crippen LogP contribution in [-0.2, 0) is 20.7 Å². The summed E-state index contributed by atoms with van der Waals surface area (Å²) in [5.41, 5.74) is 7.18. The Bertz CT molecular complexity index is 1090. The second-order valence-corrected chi connectivity index (χ2v) is 7.33. The van der Waals surface area contributed by atoms with Gasteiger partial charge in [-0.25, -0.2) is 4.79 Å². The number of nitrogens with zero attached hydrogens (tertiary/aromatic N) is 1. The van der Waals surface area contributed by atoms with Gasteiger partial charge in [-0.3, -0.25) is 25.2 Å². The Labute approximate surface area is 198 Å². The molecule has 34 heavy (non-hydrogen) atoms. The minimum Gasteiger partial charge on any atom is -0.452 e. The highest BCUT2D eigenvalue weighted by Gasteiger charge is 2.15. The molecule has 0 saturated heterocycles. The summed E-state index contributed by atoms with van der Waals surface area (Å²) in [6.07, 6.45) is 1.32. The summed E-state index contributed by atoms with van der Waals surface area (Å²) >= 11 is 0. The second-order valence-electron chi connectivity index (χ2n) is 7.33. The largest absolute Gasteiger partial charge is 0.452 e. The first-order chi connectivity index (χ1) is 16.4. The number of hydrazine groups is 1. The van der Waals surface area contributed by atoms with Crippen molar-refractivity contribution < 1.29 is 23.9 Å². The average Bonchev–Trinajstić information content (AvgIpc) is 2.87. The van der Waals surface area contributed by atoms with E-state index in [-0.39, 0.29) is 0 Å². The van der Waals surface area contributed by atoms with E-state index in [0.29, 0.717) is 17.5 Å². The zero-order valence-electron chi connectivity index (χ0n) is 19.1. The molecule has 8 heteroatoms. The topological polar surface area (TPSA) is 105 Å². The number of esters is 1. The van der Waals surface area contributed by atoms with Gasteiger partial charge in [0.15, 0.2) is 6.61 Å². The summed E-state index contributed by atoms with van der Waals surface area (Å²) in [4.78, 5) is 47.1. The van der Waals surface area contributed by atoms with E-state index in [9.17, 15) is 19.2 Å². The Morgan fingerprint density at radius 1 is 0.824 bits per heavy atom. The number of rotatable bonds is 7. The third-order valence-electron chi connectivity index (χ3n) is 4.37. The summed E-state index contributed by atoms with van der Waals surface area (Å²) in [6.45, 7) is -0.506. The quantitative estimate of drug-likeness (QED) is 0.320. The fourth-order valence-electron chi connectivity index (χ4n) is 2.72. The van der Waals surface area contributed by atoms with Crippen molar-refractivity contribution in [2.45, 2.75) is 6.42 Å². The Hall–Kier alpha value is -4.46. The van der Waals surface area contributed by atoms with Crippen molar-refractivity contribution in [2.75, 3.05) is 20.7 Å². The number of carbonyl (C=O) groups excluding carboxylic acids is 4. The van der Waals surface area contributed by atoms with E-state index >= 15 is 0 Å². The number of ether oxygens (including phenoxy) is 1. The summed E-state index contributed by atoms with van der Waals surface area (Å²) < 4.78 is 5.10. The first-order valence-electron chi connectivity index (χ1n) is 10.5. The van der Waals surface area contributed by atoms with E-state index in [0.717, 1.165) is 17.5 Å². The molecular formula is C26H27N3O5. The van der Waals surface area contributed by atoms with E-state index in [1.54, 1.807) is 56.6 Å². The summed E-state index contributed by atoms with van der Waals surface area (Å²) in [5, 5.41) is 0.